The summed E-state index contributed by atoms with van der Waals surface area (Å²) in [5.41, 5.74) is 4.59. The van der Waals surface area contributed by atoms with E-state index >= 15 is 0 Å². The van der Waals surface area contributed by atoms with Gasteiger partial charge in [-0.25, -0.2) is 0 Å². The van der Waals surface area contributed by atoms with Gasteiger partial charge in [0.15, 0.2) is 0 Å². The van der Waals surface area contributed by atoms with Gasteiger partial charge in [-0.3, -0.25) is 4.79 Å². The molecule has 0 saturated heterocycles. The Hall–Kier alpha value is -2.49. The molecule has 0 fully saturated rings. The molecule has 1 heterocycles. The topological polar surface area (TPSA) is 41.6 Å². The SMILES string of the molecule is COc1ccc(C)cc1NCC(=O)N1CCc2ccccc2C1. The average Bonchev–Trinajstić information content (AvgIpc) is 2.59. The van der Waals surface area contributed by atoms with E-state index in [1.165, 1.54) is 11.1 Å². The standard InChI is InChI=1S/C19H22N2O2/c1-14-7-8-18(23-2)17(11-14)20-12-19(22)21-10-9-15-5-3-4-6-16(15)13-21/h3-8,11,20H,9-10,12-13H2,1-2H3. The third-order valence-corrected chi connectivity index (χ3v) is 4.27. The van der Waals surface area contributed by atoms with E-state index in [1.807, 2.05) is 36.1 Å². The lowest BCUT2D eigenvalue weighted by molar-refractivity contribution is -0.130. The van der Waals surface area contributed by atoms with E-state index in [2.05, 4.69) is 23.5 Å². The Balaban J connectivity index is 1.64. The molecule has 2 aromatic carbocycles. The zero-order valence-corrected chi connectivity index (χ0v) is 13.6. The van der Waals surface area contributed by atoms with Crippen molar-refractivity contribution in [3.05, 3.63) is 59.2 Å². The van der Waals surface area contributed by atoms with Gasteiger partial charge in [-0.05, 0) is 42.2 Å². The minimum Gasteiger partial charge on any atom is -0.495 e. The normalized spacial score (nSPS) is 13.4. The highest BCUT2D eigenvalue weighted by molar-refractivity contribution is 5.81. The molecule has 23 heavy (non-hydrogen) atoms. The second-order valence-electron chi connectivity index (χ2n) is 5.89. The van der Waals surface area contributed by atoms with Crippen LogP contribution in [-0.2, 0) is 17.8 Å². The summed E-state index contributed by atoms with van der Waals surface area (Å²) in [4.78, 5) is 14.4. The lowest BCUT2D eigenvalue weighted by Gasteiger charge is -2.29. The maximum Gasteiger partial charge on any atom is 0.242 e. The summed E-state index contributed by atoms with van der Waals surface area (Å²) >= 11 is 0. The Morgan fingerprint density at radius 2 is 2.00 bits per heavy atom. The number of nitrogens with one attached hydrogen (secondary N) is 1. The maximum absolute atomic E-state index is 12.5. The van der Waals surface area contributed by atoms with Gasteiger partial charge in [0.05, 0.1) is 19.3 Å². The fraction of sp³-hybridized carbons (Fsp3) is 0.316. The van der Waals surface area contributed by atoms with Crippen LogP contribution in [0.1, 0.15) is 16.7 Å². The van der Waals surface area contributed by atoms with Gasteiger partial charge in [0.2, 0.25) is 5.91 Å². The Morgan fingerprint density at radius 3 is 2.78 bits per heavy atom. The molecular formula is C19H22N2O2. The zero-order valence-electron chi connectivity index (χ0n) is 13.6. The summed E-state index contributed by atoms with van der Waals surface area (Å²) in [5, 5.41) is 3.21. The van der Waals surface area contributed by atoms with E-state index in [4.69, 9.17) is 4.74 Å². The van der Waals surface area contributed by atoms with Crippen LogP contribution in [0.25, 0.3) is 0 Å². The molecule has 1 aliphatic heterocycles. The molecule has 0 radical (unpaired) electrons. The van der Waals surface area contributed by atoms with Crippen molar-refractivity contribution in [3.63, 3.8) is 0 Å². The first-order valence-electron chi connectivity index (χ1n) is 7.90. The number of aryl methyl sites for hydroxylation is 1. The Morgan fingerprint density at radius 1 is 1.22 bits per heavy atom. The highest BCUT2D eigenvalue weighted by atomic mass is 16.5. The quantitative estimate of drug-likeness (QED) is 0.944. The number of fused-ring (bicyclic) bond motifs is 1. The number of carbonyl (C=O) groups is 1. The molecule has 0 saturated carbocycles. The molecule has 0 bridgehead atoms. The van der Waals surface area contributed by atoms with Gasteiger partial charge >= 0.3 is 0 Å². The summed E-state index contributed by atoms with van der Waals surface area (Å²) in [5.74, 6) is 0.871. The molecule has 3 rings (SSSR count). The molecule has 120 valence electrons. The van der Waals surface area contributed by atoms with Crippen LogP contribution in [-0.4, -0.2) is 31.0 Å². The van der Waals surface area contributed by atoms with E-state index in [1.54, 1.807) is 7.11 Å². The first kappa shape index (κ1) is 15.4. The summed E-state index contributed by atoms with van der Waals surface area (Å²) in [7, 11) is 1.64. The summed E-state index contributed by atoms with van der Waals surface area (Å²) in [6.45, 7) is 3.78. The van der Waals surface area contributed by atoms with Gasteiger partial charge in [-0.15, -0.1) is 0 Å². The molecule has 2 aromatic rings. The lowest BCUT2D eigenvalue weighted by Crippen LogP contribution is -2.39. The van der Waals surface area contributed by atoms with Gasteiger partial charge < -0.3 is 15.0 Å². The van der Waals surface area contributed by atoms with Crippen LogP contribution < -0.4 is 10.1 Å². The Labute approximate surface area is 137 Å². The summed E-state index contributed by atoms with van der Waals surface area (Å²) in [6, 6.07) is 14.2. The third kappa shape index (κ3) is 3.47. The fourth-order valence-electron chi connectivity index (χ4n) is 2.95. The van der Waals surface area contributed by atoms with Crippen molar-refractivity contribution in [3.8, 4) is 5.75 Å². The van der Waals surface area contributed by atoms with E-state index in [0.29, 0.717) is 6.54 Å². The highest BCUT2D eigenvalue weighted by Gasteiger charge is 2.20. The number of nitrogens with zero attached hydrogens (tertiary/aromatic N) is 1. The minimum atomic E-state index is 0.114. The van der Waals surface area contributed by atoms with Gasteiger partial charge in [-0.1, -0.05) is 30.3 Å². The van der Waals surface area contributed by atoms with Gasteiger partial charge in [-0.2, -0.15) is 0 Å². The van der Waals surface area contributed by atoms with Crippen LogP contribution in [0, 0.1) is 6.92 Å². The van der Waals surface area contributed by atoms with E-state index in [0.717, 1.165) is 30.0 Å². The van der Waals surface area contributed by atoms with Gasteiger partial charge in [0.25, 0.3) is 0 Å². The van der Waals surface area contributed by atoms with Crippen LogP contribution in [0.5, 0.6) is 5.75 Å². The van der Waals surface area contributed by atoms with Crippen molar-refractivity contribution < 1.29 is 9.53 Å². The van der Waals surface area contributed by atoms with Gasteiger partial charge in [0.1, 0.15) is 5.75 Å². The molecular weight excluding hydrogens is 288 g/mol. The number of methoxy groups -OCH3 is 1. The second kappa shape index (κ2) is 6.73. The molecule has 1 amide bonds. The third-order valence-electron chi connectivity index (χ3n) is 4.27. The molecule has 1 N–H and O–H groups in total. The van der Waals surface area contributed by atoms with Crippen molar-refractivity contribution in [2.24, 2.45) is 0 Å². The Kier molecular flexibility index (Phi) is 4.51. The fourth-order valence-corrected chi connectivity index (χ4v) is 2.95. The largest absolute Gasteiger partial charge is 0.495 e. The monoisotopic (exact) mass is 310 g/mol. The van der Waals surface area contributed by atoms with Crippen molar-refractivity contribution in [2.75, 3.05) is 25.5 Å². The summed E-state index contributed by atoms with van der Waals surface area (Å²) < 4.78 is 5.34. The lowest BCUT2D eigenvalue weighted by atomic mass is 10.00. The smallest absolute Gasteiger partial charge is 0.242 e. The molecule has 4 heteroatoms. The van der Waals surface area contributed by atoms with Crippen molar-refractivity contribution in [1.82, 2.24) is 4.90 Å². The number of hydrogen-bond acceptors (Lipinski definition) is 3. The van der Waals surface area contributed by atoms with Crippen LogP contribution in [0.3, 0.4) is 0 Å². The highest BCUT2D eigenvalue weighted by Crippen LogP contribution is 2.25. The molecule has 4 nitrogen and oxygen atoms in total. The molecule has 0 atom stereocenters. The zero-order chi connectivity index (χ0) is 16.2. The number of hydrogen-bond donors (Lipinski definition) is 1. The van der Waals surface area contributed by atoms with Crippen molar-refractivity contribution in [2.45, 2.75) is 19.9 Å². The van der Waals surface area contributed by atoms with E-state index in [-0.39, 0.29) is 12.5 Å². The molecule has 0 unspecified atom stereocenters. The maximum atomic E-state index is 12.5. The number of amides is 1. The van der Waals surface area contributed by atoms with Crippen LogP contribution in [0.15, 0.2) is 42.5 Å². The second-order valence-corrected chi connectivity index (χ2v) is 5.89. The van der Waals surface area contributed by atoms with Crippen molar-refractivity contribution >= 4 is 11.6 Å². The number of anilines is 1. The molecule has 1 aliphatic rings. The summed E-state index contributed by atoms with van der Waals surface area (Å²) in [6.07, 6.45) is 0.926. The number of benzene rings is 2. The van der Waals surface area contributed by atoms with Crippen LogP contribution in [0.4, 0.5) is 5.69 Å². The average molecular weight is 310 g/mol. The number of carbonyl (C=O) groups excluding carboxylic acids is 1. The molecule has 0 spiro atoms. The Bertz CT molecular complexity index is 712. The number of rotatable bonds is 4. The van der Waals surface area contributed by atoms with E-state index < -0.39 is 0 Å². The van der Waals surface area contributed by atoms with E-state index in [9.17, 15) is 4.79 Å². The van der Waals surface area contributed by atoms with Crippen molar-refractivity contribution in [1.29, 1.82) is 0 Å². The predicted molar refractivity (Wildman–Crippen MR) is 91.8 cm³/mol. The van der Waals surface area contributed by atoms with Crippen LogP contribution >= 0.6 is 0 Å². The first-order valence-corrected chi connectivity index (χ1v) is 7.90. The van der Waals surface area contributed by atoms with Gasteiger partial charge in [0, 0.05) is 13.1 Å². The molecule has 0 aliphatic carbocycles. The van der Waals surface area contributed by atoms with Crippen LogP contribution in [0.2, 0.25) is 0 Å². The first-order chi connectivity index (χ1) is 11.2. The molecule has 0 aromatic heterocycles. The minimum absolute atomic E-state index is 0.114. The predicted octanol–water partition coefficient (Wildman–Crippen LogP) is 3.00. The number of ether oxygens (including phenoxy) is 1.